The number of non-ortho nitro benzene ring substituents is 1. The molecule has 5 aliphatic rings. The molecular weight excluding hydrogens is 1010 g/mol. The lowest BCUT2D eigenvalue weighted by Crippen LogP contribution is -2.70. The highest BCUT2D eigenvalue weighted by atomic mass is 16.8. The Labute approximate surface area is 421 Å². The smallest absolute Gasteiger partial charge is 0.269 e. The fourth-order valence-corrected chi connectivity index (χ4v) is 9.00. The Balaban J connectivity index is 1.18. The standard InChI is InChI=1S/C43H69N3O28/c1-16(51)45-24-37(73-41-31(58)28(55)25(52)19(11-47)67-41)26(53)20(12-48)66-39(24)74-38-27(54)21(13-49)68-43(34(38)61)71-35-22(14-50)69-42(33(60)30(35)57)72-36-23(15-65-18-7-5-17(6-8-18)46(62)63)70-40(32(59)29(36)56)64-10-4-2-3-9-44/h5-8,19-43,47-50,52-61H,2-4,9-15,44H2,1H3,(H,45,51)/t19?,20?,21?,22?,23?,24?,25-,26-,27-,28-,29+,30+,31?,32?,33?,34?,35-,36+,37+,38-,39-,40+,41-,42-,43+/m0/s1. The van der Waals surface area contributed by atoms with E-state index < -0.39 is 197 Å². The SMILES string of the molecule is CC(=O)NC1[C@H](O[C@@H]2C(O)[C@@H](O[C@H]3C(CO)O[C@@H](O[C@@H]4C(COc5ccc([N+](=O)[O-])cc5)O[C@@H](OCCCCCN)C(O)[C@H]4O)C(O)[C@H]3O)OC(CO)[C@@H]2O)OC(CO)[C@H](O)[C@@H]1O[C@@H]1OC(CO)[C@H](O)[C@H](O)C1O. The van der Waals surface area contributed by atoms with Gasteiger partial charge in [-0.2, -0.15) is 0 Å². The number of benzene rings is 1. The molecule has 17 N–H and O–H groups in total. The zero-order chi connectivity index (χ0) is 54.1. The van der Waals surface area contributed by atoms with Crippen molar-refractivity contribution in [1.82, 2.24) is 5.32 Å². The molecule has 0 aliphatic carbocycles. The second-order valence-corrected chi connectivity index (χ2v) is 18.3. The maximum absolute atomic E-state index is 12.6. The van der Waals surface area contributed by atoms with Crippen molar-refractivity contribution in [3.8, 4) is 5.75 Å². The molecule has 25 atom stereocenters. The van der Waals surface area contributed by atoms with E-state index >= 15 is 0 Å². The number of rotatable bonds is 23. The highest BCUT2D eigenvalue weighted by molar-refractivity contribution is 5.73. The second kappa shape index (κ2) is 27.5. The number of ether oxygens (including phenoxy) is 11. The first-order chi connectivity index (χ1) is 35.3. The number of nitrogens with zero attached hydrogens (tertiary/aromatic N) is 1. The van der Waals surface area contributed by atoms with Crippen LogP contribution in [0.2, 0.25) is 0 Å². The van der Waals surface area contributed by atoms with E-state index in [0.29, 0.717) is 25.8 Å². The van der Waals surface area contributed by atoms with E-state index in [4.69, 9.17) is 57.8 Å². The van der Waals surface area contributed by atoms with Gasteiger partial charge in [0, 0.05) is 25.7 Å². The van der Waals surface area contributed by atoms with Gasteiger partial charge in [0.15, 0.2) is 31.5 Å². The fraction of sp³-hybridized carbons (Fsp3) is 0.837. The van der Waals surface area contributed by atoms with E-state index in [1.165, 1.54) is 24.3 Å². The van der Waals surface area contributed by atoms with Crippen LogP contribution in [0.5, 0.6) is 5.75 Å². The Kier molecular flexibility index (Phi) is 22.3. The molecule has 6 rings (SSSR count). The van der Waals surface area contributed by atoms with Gasteiger partial charge in [-0.3, -0.25) is 14.9 Å². The summed E-state index contributed by atoms with van der Waals surface area (Å²) in [7, 11) is 0. The van der Waals surface area contributed by atoms with E-state index in [-0.39, 0.29) is 18.0 Å². The minimum absolute atomic E-state index is 0.0839. The molecule has 0 aromatic heterocycles. The van der Waals surface area contributed by atoms with Crippen LogP contribution in [-0.4, -0.2) is 282 Å². The van der Waals surface area contributed by atoms with Crippen LogP contribution in [0, 0.1) is 10.1 Å². The van der Waals surface area contributed by atoms with E-state index in [0.717, 1.165) is 6.92 Å². The van der Waals surface area contributed by atoms with Gasteiger partial charge in [0.25, 0.3) is 5.69 Å². The van der Waals surface area contributed by atoms with Crippen LogP contribution >= 0.6 is 0 Å². The Morgan fingerprint density at radius 1 is 0.554 bits per heavy atom. The van der Waals surface area contributed by atoms with Gasteiger partial charge in [-0.05, 0) is 37.9 Å². The van der Waals surface area contributed by atoms with Crippen LogP contribution in [0.4, 0.5) is 5.69 Å². The number of amides is 1. The molecule has 5 aliphatic heterocycles. The number of nitrogens with two attached hydrogens (primary N) is 1. The summed E-state index contributed by atoms with van der Waals surface area (Å²) in [6.07, 6.45) is -42.2. The molecule has 31 nitrogen and oxygen atoms in total. The predicted octanol–water partition coefficient (Wildman–Crippen LogP) is -8.63. The number of aliphatic hydroxyl groups is 14. The van der Waals surface area contributed by atoms with Crippen molar-refractivity contribution in [3.05, 3.63) is 34.4 Å². The Morgan fingerprint density at radius 2 is 1.01 bits per heavy atom. The molecule has 0 saturated carbocycles. The van der Waals surface area contributed by atoms with Crippen LogP contribution < -0.4 is 15.8 Å². The van der Waals surface area contributed by atoms with Crippen LogP contribution in [0.15, 0.2) is 24.3 Å². The molecular formula is C43H69N3O28. The maximum Gasteiger partial charge on any atom is 0.269 e. The summed E-state index contributed by atoms with van der Waals surface area (Å²) in [6.45, 7) is -2.73. The highest BCUT2D eigenvalue weighted by Crippen LogP contribution is 2.36. The van der Waals surface area contributed by atoms with Gasteiger partial charge in [-0.1, -0.05) is 0 Å². The topological polar surface area (TPSA) is 483 Å². The summed E-state index contributed by atoms with van der Waals surface area (Å²) in [5.74, 6) is -0.695. The molecule has 5 heterocycles. The Bertz CT molecular complexity index is 1880. The molecule has 0 spiro atoms. The summed E-state index contributed by atoms with van der Waals surface area (Å²) < 4.78 is 63.8. The quantitative estimate of drug-likeness (QED) is 0.0275. The number of hydrogen-bond acceptors (Lipinski definition) is 29. The summed E-state index contributed by atoms with van der Waals surface area (Å²) in [5, 5.41) is 166. The number of aliphatic hydroxyl groups excluding tert-OH is 14. The highest BCUT2D eigenvalue weighted by Gasteiger charge is 2.57. The van der Waals surface area contributed by atoms with Gasteiger partial charge in [-0.15, -0.1) is 0 Å². The van der Waals surface area contributed by atoms with E-state index in [2.05, 4.69) is 5.32 Å². The number of hydrogen-bond donors (Lipinski definition) is 16. The van der Waals surface area contributed by atoms with Gasteiger partial charge < -0.3 is 135 Å². The summed E-state index contributed by atoms with van der Waals surface area (Å²) in [5.41, 5.74) is 5.33. The third-order valence-electron chi connectivity index (χ3n) is 13.1. The zero-order valence-electron chi connectivity index (χ0n) is 39.8. The third kappa shape index (κ3) is 13.9. The van der Waals surface area contributed by atoms with Crippen LogP contribution in [0.25, 0.3) is 0 Å². The van der Waals surface area contributed by atoms with Crippen LogP contribution in [0.3, 0.4) is 0 Å². The van der Waals surface area contributed by atoms with Gasteiger partial charge >= 0.3 is 0 Å². The molecule has 424 valence electrons. The van der Waals surface area contributed by atoms with E-state index in [1.807, 2.05) is 0 Å². The molecule has 0 radical (unpaired) electrons. The van der Waals surface area contributed by atoms with Crippen molar-refractivity contribution in [2.24, 2.45) is 5.73 Å². The lowest BCUT2D eigenvalue weighted by atomic mass is 9.94. The van der Waals surface area contributed by atoms with Crippen LogP contribution in [0.1, 0.15) is 26.2 Å². The van der Waals surface area contributed by atoms with Crippen molar-refractivity contribution >= 4 is 11.6 Å². The summed E-state index contributed by atoms with van der Waals surface area (Å²) in [6, 6.07) is 3.23. The van der Waals surface area contributed by atoms with Crippen molar-refractivity contribution in [2.75, 3.05) is 46.2 Å². The summed E-state index contributed by atoms with van der Waals surface area (Å²) >= 11 is 0. The summed E-state index contributed by atoms with van der Waals surface area (Å²) in [4.78, 5) is 23.1. The molecule has 5 saturated heterocycles. The monoisotopic (exact) mass is 1080 g/mol. The number of nitro groups is 1. The minimum atomic E-state index is -2.18. The van der Waals surface area contributed by atoms with Crippen LogP contribution in [-0.2, 0) is 52.2 Å². The molecule has 0 bridgehead atoms. The van der Waals surface area contributed by atoms with Crippen molar-refractivity contribution in [2.45, 2.75) is 180 Å². The molecule has 5 fully saturated rings. The lowest BCUT2D eigenvalue weighted by molar-refractivity contribution is -0.388. The normalized spacial score (nSPS) is 42.9. The van der Waals surface area contributed by atoms with Crippen molar-refractivity contribution in [1.29, 1.82) is 0 Å². The largest absolute Gasteiger partial charge is 0.491 e. The number of carbonyl (C=O) groups is 1. The average Bonchev–Trinajstić information content (AvgIpc) is 3.38. The molecule has 1 aromatic rings. The fourth-order valence-electron chi connectivity index (χ4n) is 9.00. The maximum atomic E-state index is 12.6. The molecule has 74 heavy (non-hydrogen) atoms. The molecule has 10 unspecified atom stereocenters. The molecule has 31 heteroatoms. The average molecular weight is 1080 g/mol. The Hall–Kier alpha value is -3.11. The Morgan fingerprint density at radius 3 is 1.57 bits per heavy atom. The lowest BCUT2D eigenvalue weighted by Gasteiger charge is -2.50. The predicted molar refractivity (Wildman–Crippen MR) is 236 cm³/mol. The second-order valence-electron chi connectivity index (χ2n) is 18.3. The van der Waals surface area contributed by atoms with Gasteiger partial charge in [0.2, 0.25) is 5.91 Å². The first-order valence-electron chi connectivity index (χ1n) is 23.9. The number of nitro benzene ring substituents is 1. The molecule has 1 amide bonds. The zero-order valence-corrected chi connectivity index (χ0v) is 39.8. The third-order valence-corrected chi connectivity index (χ3v) is 13.1. The van der Waals surface area contributed by atoms with Gasteiger partial charge in [-0.25, -0.2) is 0 Å². The first kappa shape index (κ1) is 60.1. The number of carbonyl (C=O) groups excluding carboxylic acids is 1. The van der Waals surface area contributed by atoms with E-state index in [1.54, 1.807) is 0 Å². The first-order valence-corrected chi connectivity index (χ1v) is 23.9. The van der Waals surface area contributed by atoms with Gasteiger partial charge in [0.05, 0.1) is 31.4 Å². The minimum Gasteiger partial charge on any atom is -0.491 e. The molecule has 1 aromatic carbocycles. The van der Waals surface area contributed by atoms with E-state index in [9.17, 15) is 86.4 Å². The van der Waals surface area contributed by atoms with Crippen molar-refractivity contribution in [3.63, 3.8) is 0 Å². The van der Waals surface area contributed by atoms with Crippen molar-refractivity contribution < 1.29 is 133 Å². The number of nitrogens with one attached hydrogen (secondary N) is 1. The number of unbranched alkanes of at least 4 members (excludes halogenated alkanes) is 2. The van der Waals surface area contributed by atoms with Gasteiger partial charge in [0.1, 0.15) is 134 Å².